The quantitative estimate of drug-likeness (QED) is 0.766. The molecule has 4 heterocycles. The number of aromatic nitrogens is 2. The summed E-state index contributed by atoms with van der Waals surface area (Å²) in [4.78, 5) is 35.2. The highest BCUT2D eigenvalue weighted by Gasteiger charge is 2.37. The second-order valence-electron chi connectivity index (χ2n) is 9.96. The van der Waals surface area contributed by atoms with Crippen LogP contribution in [0.15, 0.2) is 10.9 Å². The summed E-state index contributed by atoms with van der Waals surface area (Å²) in [5.74, 6) is 2.31. The average Bonchev–Trinajstić information content (AvgIpc) is 3.09. The zero-order chi connectivity index (χ0) is 20.5. The topological polar surface area (TPSA) is 58.4 Å². The van der Waals surface area contributed by atoms with E-state index in [9.17, 15) is 9.59 Å². The number of carbonyl (C=O) groups excluding carboxylic acids is 1. The number of aryl methyl sites for hydroxylation is 1. The fraction of sp³-hybridized carbons (Fsp3) is 0.792. The molecule has 1 amide bonds. The van der Waals surface area contributed by atoms with E-state index >= 15 is 0 Å². The molecule has 6 heteroatoms. The van der Waals surface area contributed by atoms with Crippen molar-refractivity contribution in [3.63, 3.8) is 0 Å². The third-order valence-electron chi connectivity index (χ3n) is 8.00. The number of rotatable bonds is 3. The van der Waals surface area contributed by atoms with Gasteiger partial charge in [0.2, 0.25) is 5.91 Å². The van der Waals surface area contributed by atoms with E-state index in [1.165, 1.54) is 44.9 Å². The summed E-state index contributed by atoms with van der Waals surface area (Å²) >= 11 is 0. The van der Waals surface area contributed by atoms with Gasteiger partial charge < -0.3 is 4.90 Å². The largest absolute Gasteiger partial charge is 0.338 e. The summed E-state index contributed by atoms with van der Waals surface area (Å²) in [6.45, 7) is 4.07. The Labute approximate surface area is 179 Å². The fourth-order valence-corrected chi connectivity index (χ4v) is 6.38. The molecule has 2 saturated heterocycles. The average molecular weight is 413 g/mol. The SMILES string of the molecule is O=C(CN1CC[C@H](c2cc(=O)n3c(n2)CCCCC3)C1)N1CCC[C@H]2CCCC[C@H]21. The van der Waals surface area contributed by atoms with Crippen molar-refractivity contribution in [3.05, 3.63) is 27.9 Å². The van der Waals surface area contributed by atoms with Gasteiger partial charge in [0.25, 0.3) is 5.56 Å². The zero-order valence-corrected chi connectivity index (χ0v) is 18.2. The fourth-order valence-electron chi connectivity index (χ4n) is 6.38. The molecule has 30 heavy (non-hydrogen) atoms. The Hall–Kier alpha value is -1.69. The van der Waals surface area contributed by atoms with Crippen molar-refractivity contribution in [3.8, 4) is 0 Å². The van der Waals surface area contributed by atoms with Crippen molar-refractivity contribution < 1.29 is 4.79 Å². The molecule has 0 aromatic carbocycles. The van der Waals surface area contributed by atoms with Crippen LogP contribution in [0, 0.1) is 5.92 Å². The van der Waals surface area contributed by atoms with Gasteiger partial charge in [0.1, 0.15) is 5.82 Å². The molecule has 4 aliphatic rings. The van der Waals surface area contributed by atoms with Gasteiger partial charge in [-0.05, 0) is 57.4 Å². The molecule has 1 aromatic heterocycles. The standard InChI is InChI=1S/C24H36N4O2/c29-23-15-20(25-22-10-2-1-5-12-28(22)23)19-11-14-26(16-19)17-24(30)27-13-6-8-18-7-3-4-9-21(18)27/h15,18-19,21H,1-14,16-17H2/t18-,19+,21-/m1/s1. The Morgan fingerprint density at radius 3 is 2.77 bits per heavy atom. The van der Waals surface area contributed by atoms with Crippen molar-refractivity contribution in [1.82, 2.24) is 19.4 Å². The lowest BCUT2D eigenvalue weighted by Crippen LogP contribution is -2.52. The Morgan fingerprint density at radius 1 is 0.967 bits per heavy atom. The number of amides is 1. The Morgan fingerprint density at radius 2 is 1.83 bits per heavy atom. The minimum Gasteiger partial charge on any atom is -0.338 e. The lowest BCUT2D eigenvalue weighted by atomic mass is 9.78. The van der Waals surface area contributed by atoms with Crippen molar-refractivity contribution in [2.75, 3.05) is 26.2 Å². The minimum absolute atomic E-state index is 0.114. The number of fused-ring (bicyclic) bond motifs is 2. The third kappa shape index (κ3) is 4.08. The van der Waals surface area contributed by atoms with Crippen LogP contribution in [0.3, 0.4) is 0 Å². The summed E-state index contributed by atoms with van der Waals surface area (Å²) in [6, 6.07) is 2.26. The number of hydrogen-bond donors (Lipinski definition) is 0. The normalized spacial score (nSPS) is 29.9. The number of nitrogens with zero attached hydrogens (tertiary/aromatic N) is 4. The van der Waals surface area contributed by atoms with Crippen LogP contribution in [0.2, 0.25) is 0 Å². The summed E-state index contributed by atoms with van der Waals surface area (Å²) in [7, 11) is 0. The molecular formula is C24H36N4O2. The highest BCUT2D eigenvalue weighted by Crippen LogP contribution is 2.35. The summed E-state index contributed by atoms with van der Waals surface area (Å²) in [6.07, 6.45) is 12.9. The number of likely N-dealkylation sites (tertiary alicyclic amines) is 2. The third-order valence-corrected chi connectivity index (χ3v) is 8.00. The zero-order valence-electron chi connectivity index (χ0n) is 18.2. The van der Waals surface area contributed by atoms with E-state index in [-0.39, 0.29) is 11.5 Å². The van der Waals surface area contributed by atoms with E-state index in [1.807, 2.05) is 4.57 Å². The highest BCUT2D eigenvalue weighted by molar-refractivity contribution is 5.78. The molecular weight excluding hydrogens is 376 g/mol. The predicted molar refractivity (Wildman–Crippen MR) is 117 cm³/mol. The van der Waals surface area contributed by atoms with Gasteiger partial charge in [-0.2, -0.15) is 0 Å². The van der Waals surface area contributed by atoms with Gasteiger partial charge in [-0.25, -0.2) is 4.98 Å². The van der Waals surface area contributed by atoms with E-state index in [0.717, 1.165) is 69.3 Å². The van der Waals surface area contributed by atoms with Crippen LogP contribution in [0.25, 0.3) is 0 Å². The Kier molecular flexibility index (Phi) is 5.94. The molecule has 0 radical (unpaired) electrons. The maximum absolute atomic E-state index is 13.2. The molecule has 3 aliphatic heterocycles. The molecule has 1 aliphatic carbocycles. The van der Waals surface area contributed by atoms with Crippen LogP contribution in [0.5, 0.6) is 0 Å². The monoisotopic (exact) mass is 412 g/mol. The predicted octanol–water partition coefficient (Wildman–Crippen LogP) is 2.94. The molecule has 0 N–H and O–H groups in total. The number of piperidine rings is 1. The molecule has 0 unspecified atom stereocenters. The smallest absolute Gasteiger partial charge is 0.253 e. The van der Waals surface area contributed by atoms with Crippen molar-refractivity contribution in [2.24, 2.45) is 5.92 Å². The highest BCUT2D eigenvalue weighted by atomic mass is 16.2. The molecule has 164 valence electrons. The van der Waals surface area contributed by atoms with E-state index < -0.39 is 0 Å². The molecule has 0 bridgehead atoms. The molecule has 0 spiro atoms. The molecule has 3 fully saturated rings. The van der Waals surface area contributed by atoms with Crippen LogP contribution in [0.1, 0.15) is 81.6 Å². The first kappa shape index (κ1) is 20.2. The molecule has 6 nitrogen and oxygen atoms in total. The first-order valence-corrected chi connectivity index (χ1v) is 12.3. The number of carbonyl (C=O) groups is 1. The van der Waals surface area contributed by atoms with Gasteiger partial charge in [-0.15, -0.1) is 0 Å². The maximum atomic E-state index is 13.2. The van der Waals surface area contributed by atoms with Crippen molar-refractivity contribution in [2.45, 2.75) is 89.1 Å². The van der Waals surface area contributed by atoms with Gasteiger partial charge in [0, 0.05) is 44.1 Å². The van der Waals surface area contributed by atoms with Crippen LogP contribution in [-0.4, -0.2) is 57.5 Å². The van der Waals surface area contributed by atoms with Crippen LogP contribution in [-0.2, 0) is 17.8 Å². The second-order valence-corrected chi connectivity index (χ2v) is 9.96. The molecule has 3 atom stereocenters. The van der Waals surface area contributed by atoms with Crippen LogP contribution < -0.4 is 5.56 Å². The van der Waals surface area contributed by atoms with Crippen LogP contribution >= 0.6 is 0 Å². The van der Waals surface area contributed by atoms with E-state index in [2.05, 4.69) is 9.80 Å². The van der Waals surface area contributed by atoms with Gasteiger partial charge in [0.05, 0.1) is 12.2 Å². The summed E-state index contributed by atoms with van der Waals surface area (Å²) in [5, 5.41) is 0. The first-order valence-electron chi connectivity index (χ1n) is 12.3. The van der Waals surface area contributed by atoms with Gasteiger partial charge in [-0.1, -0.05) is 19.3 Å². The van der Waals surface area contributed by atoms with Crippen molar-refractivity contribution in [1.29, 1.82) is 0 Å². The lowest BCUT2D eigenvalue weighted by Gasteiger charge is -2.44. The Bertz CT molecular complexity index is 833. The summed E-state index contributed by atoms with van der Waals surface area (Å²) < 4.78 is 1.88. The van der Waals surface area contributed by atoms with E-state index in [1.54, 1.807) is 6.07 Å². The molecule has 1 aromatic rings. The first-order chi connectivity index (χ1) is 14.7. The van der Waals surface area contributed by atoms with Gasteiger partial charge in [-0.3, -0.25) is 19.1 Å². The maximum Gasteiger partial charge on any atom is 0.253 e. The van der Waals surface area contributed by atoms with Gasteiger partial charge >= 0.3 is 0 Å². The summed E-state index contributed by atoms with van der Waals surface area (Å²) in [5.41, 5.74) is 1.07. The second kappa shape index (κ2) is 8.81. The van der Waals surface area contributed by atoms with Gasteiger partial charge in [0.15, 0.2) is 0 Å². The van der Waals surface area contributed by atoms with Crippen LogP contribution in [0.4, 0.5) is 0 Å². The number of hydrogen-bond acceptors (Lipinski definition) is 4. The van der Waals surface area contributed by atoms with E-state index in [0.29, 0.717) is 18.5 Å². The lowest BCUT2D eigenvalue weighted by molar-refractivity contribution is -0.138. The molecule has 5 rings (SSSR count). The minimum atomic E-state index is 0.114. The Balaban J connectivity index is 1.23. The molecule has 1 saturated carbocycles. The van der Waals surface area contributed by atoms with Crippen molar-refractivity contribution >= 4 is 5.91 Å². The van der Waals surface area contributed by atoms with E-state index in [4.69, 9.17) is 4.98 Å².